The molecule has 1 amide bonds. The fraction of sp³-hybridized carbons (Fsp3) is 0.0769. The van der Waals surface area contributed by atoms with E-state index in [1.54, 1.807) is 18.2 Å². The van der Waals surface area contributed by atoms with Crippen LogP contribution in [0.25, 0.3) is 0 Å². The van der Waals surface area contributed by atoms with Crippen molar-refractivity contribution in [3.05, 3.63) is 50.7 Å². The number of hydrogen-bond donors (Lipinski definition) is 1. The number of carbonyl (C=O) groups is 1. The van der Waals surface area contributed by atoms with Gasteiger partial charge in [-0.15, -0.1) is 11.3 Å². The zero-order valence-corrected chi connectivity index (χ0v) is 11.1. The smallest absolute Gasteiger partial charge is 0.266 e. The van der Waals surface area contributed by atoms with Crippen LogP contribution in [0.15, 0.2) is 29.6 Å². The predicted octanol–water partition coefficient (Wildman–Crippen LogP) is 3.83. The molecule has 0 saturated heterocycles. The van der Waals surface area contributed by atoms with Crippen LogP contribution in [0, 0.1) is 18.3 Å². The number of halogens is 1. The molecule has 1 heterocycles. The highest BCUT2D eigenvalue weighted by Gasteiger charge is 2.12. The van der Waals surface area contributed by atoms with E-state index < -0.39 is 0 Å². The Bertz CT molecular complexity index is 643. The summed E-state index contributed by atoms with van der Waals surface area (Å²) in [5.74, 6) is -0.221. The third-order valence-corrected chi connectivity index (χ3v) is 3.67. The Morgan fingerprint density at radius 2 is 2.22 bits per heavy atom. The number of nitrogens with zero attached hydrogens (tertiary/aromatic N) is 1. The summed E-state index contributed by atoms with van der Waals surface area (Å²) < 4.78 is 0. The molecule has 1 aromatic heterocycles. The minimum Gasteiger partial charge on any atom is -0.320 e. The normalized spacial score (nSPS) is 9.83. The SMILES string of the molecule is Cc1ccsc1C(=O)Nc1cc(Cl)ccc1C#N. The molecule has 2 aromatic rings. The van der Waals surface area contributed by atoms with Gasteiger partial charge in [0, 0.05) is 5.02 Å². The Morgan fingerprint density at radius 3 is 2.83 bits per heavy atom. The third-order valence-electron chi connectivity index (χ3n) is 2.42. The van der Waals surface area contributed by atoms with Crippen LogP contribution in [-0.4, -0.2) is 5.91 Å². The van der Waals surface area contributed by atoms with Crippen molar-refractivity contribution in [1.82, 2.24) is 0 Å². The molecule has 0 aliphatic carbocycles. The zero-order valence-electron chi connectivity index (χ0n) is 9.53. The van der Waals surface area contributed by atoms with E-state index in [0.717, 1.165) is 5.56 Å². The summed E-state index contributed by atoms with van der Waals surface area (Å²) >= 11 is 7.22. The van der Waals surface area contributed by atoms with E-state index in [9.17, 15) is 4.79 Å². The van der Waals surface area contributed by atoms with Gasteiger partial charge < -0.3 is 5.32 Å². The highest BCUT2D eigenvalue weighted by molar-refractivity contribution is 7.12. The summed E-state index contributed by atoms with van der Waals surface area (Å²) in [6.07, 6.45) is 0. The molecule has 0 radical (unpaired) electrons. The maximum Gasteiger partial charge on any atom is 0.266 e. The molecule has 90 valence electrons. The van der Waals surface area contributed by atoms with Crippen LogP contribution in [0.3, 0.4) is 0 Å². The lowest BCUT2D eigenvalue weighted by molar-refractivity contribution is 0.103. The average Bonchev–Trinajstić information content (AvgIpc) is 2.76. The summed E-state index contributed by atoms with van der Waals surface area (Å²) in [4.78, 5) is 12.7. The first kappa shape index (κ1) is 12.6. The van der Waals surface area contributed by atoms with Gasteiger partial charge in [-0.1, -0.05) is 11.6 Å². The van der Waals surface area contributed by atoms with E-state index in [4.69, 9.17) is 16.9 Å². The molecule has 1 aromatic carbocycles. The Hall–Kier alpha value is -1.83. The Morgan fingerprint density at radius 1 is 1.44 bits per heavy atom. The lowest BCUT2D eigenvalue weighted by Gasteiger charge is -2.06. The highest BCUT2D eigenvalue weighted by atomic mass is 35.5. The number of benzene rings is 1. The van der Waals surface area contributed by atoms with Gasteiger partial charge in [-0.2, -0.15) is 5.26 Å². The van der Waals surface area contributed by atoms with E-state index in [0.29, 0.717) is 21.2 Å². The van der Waals surface area contributed by atoms with Crippen molar-refractivity contribution in [2.45, 2.75) is 6.92 Å². The van der Waals surface area contributed by atoms with Crippen molar-refractivity contribution < 1.29 is 4.79 Å². The first-order valence-corrected chi connectivity index (χ1v) is 6.42. The number of carbonyl (C=O) groups excluding carboxylic acids is 1. The summed E-state index contributed by atoms with van der Waals surface area (Å²) in [5.41, 5.74) is 1.74. The van der Waals surface area contributed by atoms with Crippen LogP contribution in [0.5, 0.6) is 0 Å². The molecule has 0 saturated carbocycles. The monoisotopic (exact) mass is 276 g/mol. The van der Waals surface area contributed by atoms with Crippen molar-refractivity contribution in [3.63, 3.8) is 0 Å². The second kappa shape index (κ2) is 5.21. The zero-order chi connectivity index (χ0) is 13.1. The summed E-state index contributed by atoms with van der Waals surface area (Å²) in [6, 6.07) is 8.67. The van der Waals surface area contributed by atoms with Gasteiger partial charge in [-0.05, 0) is 42.1 Å². The second-order valence-corrected chi connectivity index (χ2v) is 5.04. The maximum absolute atomic E-state index is 12.0. The number of rotatable bonds is 2. The van der Waals surface area contributed by atoms with Crippen LogP contribution < -0.4 is 5.32 Å². The first-order valence-electron chi connectivity index (χ1n) is 5.17. The van der Waals surface area contributed by atoms with Gasteiger partial charge in [0.25, 0.3) is 5.91 Å². The molecule has 18 heavy (non-hydrogen) atoms. The minimum absolute atomic E-state index is 0.221. The number of aryl methyl sites for hydroxylation is 1. The lowest BCUT2D eigenvalue weighted by Crippen LogP contribution is -2.12. The van der Waals surface area contributed by atoms with E-state index >= 15 is 0 Å². The predicted molar refractivity (Wildman–Crippen MR) is 73.2 cm³/mol. The molecule has 0 aliphatic heterocycles. The van der Waals surface area contributed by atoms with Crippen molar-refractivity contribution in [3.8, 4) is 6.07 Å². The number of nitrogens with one attached hydrogen (secondary N) is 1. The Balaban J connectivity index is 2.30. The van der Waals surface area contributed by atoms with Gasteiger partial charge in [0.15, 0.2) is 0 Å². The van der Waals surface area contributed by atoms with Crippen LogP contribution in [0.1, 0.15) is 20.8 Å². The number of amides is 1. The first-order chi connectivity index (χ1) is 8.61. The Labute approximate surface area is 114 Å². The highest BCUT2D eigenvalue weighted by Crippen LogP contribution is 2.23. The maximum atomic E-state index is 12.0. The van der Waals surface area contributed by atoms with Gasteiger partial charge >= 0.3 is 0 Å². The molecule has 0 unspecified atom stereocenters. The van der Waals surface area contributed by atoms with Gasteiger partial charge in [0.1, 0.15) is 6.07 Å². The van der Waals surface area contributed by atoms with Crippen molar-refractivity contribution >= 4 is 34.5 Å². The van der Waals surface area contributed by atoms with Crippen molar-refractivity contribution in [2.75, 3.05) is 5.32 Å². The number of hydrogen-bond acceptors (Lipinski definition) is 3. The number of thiophene rings is 1. The van der Waals surface area contributed by atoms with Crippen molar-refractivity contribution in [1.29, 1.82) is 5.26 Å². The molecule has 5 heteroatoms. The van der Waals surface area contributed by atoms with Crippen LogP contribution in [0.4, 0.5) is 5.69 Å². The fourth-order valence-electron chi connectivity index (χ4n) is 1.50. The molecular formula is C13H9ClN2OS. The molecule has 3 nitrogen and oxygen atoms in total. The van der Waals surface area contributed by atoms with E-state index in [-0.39, 0.29) is 5.91 Å². The van der Waals surface area contributed by atoms with Gasteiger partial charge in [0.05, 0.1) is 16.1 Å². The van der Waals surface area contributed by atoms with Crippen LogP contribution >= 0.6 is 22.9 Å². The van der Waals surface area contributed by atoms with Gasteiger partial charge in [-0.3, -0.25) is 4.79 Å². The molecule has 0 atom stereocenters. The molecule has 0 fully saturated rings. The third kappa shape index (κ3) is 2.53. The minimum atomic E-state index is -0.221. The molecule has 0 spiro atoms. The molecule has 0 aliphatic rings. The van der Waals surface area contributed by atoms with Crippen LogP contribution in [-0.2, 0) is 0 Å². The quantitative estimate of drug-likeness (QED) is 0.906. The summed E-state index contributed by atoms with van der Waals surface area (Å²) in [6.45, 7) is 1.87. The summed E-state index contributed by atoms with van der Waals surface area (Å²) in [7, 11) is 0. The van der Waals surface area contributed by atoms with Gasteiger partial charge in [-0.25, -0.2) is 0 Å². The molecular weight excluding hydrogens is 268 g/mol. The lowest BCUT2D eigenvalue weighted by atomic mass is 10.2. The van der Waals surface area contributed by atoms with E-state index in [2.05, 4.69) is 5.32 Å². The topological polar surface area (TPSA) is 52.9 Å². The Kier molecular flexibility index (Phi) is 3.66. The number of nitriles is 1. The number of anilines is 1. The standard InChI is InChI=1S/C13H9ClN2OS/c1-8-4-5-18-12(8)13(17)16-11-6-10(14)3-2-9(11)7-15/h2-6H,1H3,(H,16,17). The second-order valence-electron chi connectivity index (χ2n) is 3.69. The van der Waals surface area contributed by atoms with Gasteiger partial charge in [0.2, 0.25) is 0 Å². The molecule has 2 rings (SSSR count). The average molecular weight is 277 g/mol. The van der Waals surface area contributed by atoms with Crippen molar-refractivity contribution in [2.24, 2.45) is 0 Å². The van der Waals surface area contributed by atoms with Crippen LogP contribution in [0.2, 0.25) is 5.02 Å². The largest absolute Gasteiger partial charge is 0.320 e. The van der Waals surface area contributed by atoms with E-state index in [1.807, 2.05) is 24.4 Å². The molecule has 1 N–H and O–H groups in total. The van der Waals surface area contributed by atoms with E-state index in [1.165, 1.54) is 11.3 Å². The summed E-state index contributed by atoms with van der Waals surface area (Å²) in [5, 5.41) is 14.0. The molecule has 0 bridgehead atoms. The fourth-order valence-corrected chi connectivity index (χ4v) is 2.49.